The van der Waals surface area contributed by atoms with Crippen LogP contribution in [0.15, 0.2) is 71.3 Å². The Morgan fingerprint density at radius 3 is 2.58 bits per heavy atom. The van der Waals surface area contributed by atoms with E-state index in [4.69, 9.17) is 9.15 Å². The number of methoxy groups -OCH3 is 1. The summed E-state index contributed by atoms with van der Waals surface area (Å²) in [5.74, 6) is 0.156. The molecule has 0 bridgehead atoms. The Bertz CT molecular complexity index is 919. The molecule has 3 aromatic rings. The van der Waals surface area contributed by atoms with Crippen LogP contribution < -0.4 is 15.0 Å². The van der Waals surface area contributed by atoms with Crippen molar-refractivity contribution in [3.63, 3.8) is 0 Å². The molecule has 132 valence electrons. The lowest BCUT2D eigenvalue weighted by Crippen LogP contribution is -2.26. The summed E-state index contributed by atoms with van der Waals surface area (Å²) in [7, 11) is 3.19. The number of para-hydroxylation sites is 1. The van der Waals surface area contributed by atoms with Gasteiger partial charge in [-0.05, 0) is 42.5 Å². The van der Waals surface area contributed by atoms with E-state index >= 15 is 0 Å². The van der Waals surface area contributed by atoms with Gasteiger partial charge in [-0.25, -0.2) is 0 Å². The molecule has 0 aliphatic heterocycles. The summed E-state index contributed by atoms with van der Waals surface area (Å²) in [5.41, 5.74) is 1.66. The zero-order valence-corrected chi connectivity index (χ0v) is 14.4. The third-order valence-corrected chi connectivity index (χ3v) is 3.88. The molecule has 0 fully saturated rings. The third-order valence-electron chi connectivity index (χ3n) is 3.88. The van der Waals surface area contributed by atoms with Crippen LogP contribution in [0.2, 0.25) is 0 Å². The minimum atomic E-state index is -0.356. The minimum Gasteiger partial charge on any atom is -0.496 e. The highest BCUT2D eigenvalue weighted by Crippen LogP contribution is 2.24. The summed E-state index contributed by atoms with van der Waals surface area (Å²) in [6, 6.07) is 17.3. The molecule has 6 nitrogen and oxygen atoms in total. The van der Waals surface area contributed by atoms with Gasteiger partial charge in [-0.15, -0.1) is 0 Å². The van der Waals surface area contributed by atoms with Gasteiger partial charge in [0.25, 0.3) is 11.8 Å². The first kappa shape index (κ1) is 17.3. The van der Waals surface area contributed by atoms with Crippen LogP contribution >= 0.6 is 0 Å². The minimum absolute atomic E-state index is 0.211. The zero-order chi connectivity index (χ0) is 18.5. The maximum atomic E-state index is 12.8. The second-order valence-electron chi connectivity index (χ2n) is 5.55. The lowest BCUT2D eigenvalue weighted by Gasteiger charge is -2.19. The van der Waals surface area contributed by atoms with Gasteiger partial charge in [0.05, 0.1) is 18.9 Å². The number of ether oxygens (including phenoxy) is 1. The van der Waals surface area contributed by atoms with Gasteiger partial charge in [0.1, 0.15) is 5.75 Å². The van der Waals surface area contributed by atoms with Gasteiger partial charge in [-0.2, -0.15) is 0 Å². The first-order valence-electron chi connectivity index (χ1n) is 7.96. The zero-order valence-electron chi connectivity index (χ0n) is 14.4. The number of hydrogen-bond donors (Lipinski definition) is 1. The number of benzene rings is 2. The number of rotatable bonds is 5. The number of nitrogens with zero attached hydrogens (tertiary/aromatic N) is 1. The van der Waals surface area contributed by atoms with Gasteiger partial charge in [0, 0.05) is 18.4 Å². The quantitative estimate of drug-likeness (QED) is 0.759. The molecule has 0 unspecified atom stereocenters. The van der Waals surface area contributed by atoms with Crippen molar-refractivity contribution < 1.29 is 18.7 Å². The van der Waals surface area contributed by atoms with E-state index in [9.17, 15) is 9.59 Å². The molecule has 0 atom stereocenters. The summed E-state index contributed by atoms with van der Waals surface area (Å²) in [5, 5.41) is 2.75. The molecule has 0 aliphatic carbocycles. The number of anilines is 2. The molecule has 1 aromatic heterocycles. The van der Waals surface area contributed by atoms with Crippen molar-refractivity contribution in [3.05, 3.63) is 78.3 Å². The third kappa shape index (κ3) is 3.59. The lowest BCUT2D eigenvalue weighted by atomic mass is 10.1. The molecule has 2 aromatic carbocycles. The van der Waals surface area contributed by atoms with Crippen molar-refractivity contribution in [2.45, 2.75) is 0 Å². The molecule has 26 heavy (non-hydrogen) atoms. The first-order valence-corrected chi connectivity index (χ1v) is 7.96. The second-order valence-corrected chi connectivity index (χ2v) is 5.55. The lowest BCUT2D eigenvalue weighted by molar-refractivity contribution is 0.0986. The predicted octanol–water partition coefficient (Wildman–Crippen LogP) is 3.82. The SMILES string of the molecule is COc1ccccc1C(=O)N(C)c1cccc(NC(=O)c2ccco2)c1. The summed E-state index contributed by atoms with van der Waals surface area (Å²) in [4.78, 5) is 26.4. The molecule has 0 spiro atoms. The largest absolute Gasteiger partial charge is 0.496 e. The van der Waals surface area contributed by atoms with Crippen molar-refractivity contribution in [3.8, 4) is 5.75 Å². The molecule has 2 amide bonds. The number of amides is 2. The predicted molar refractivity (Wildman–Crippen MR) is 98.8 cm³/mol. The van der Waals surface area contributed by atoms with Gasteiger partial charge in [-0.3, -0.25) is 9.59 Å². The second kappa shape index (κ2) is 7.57. The highest BCUT2D eigenvalue weighted by atomic mass is 16.5. The fourth-order valence-electron chi connectivity index (χ4n) is 2.51. The normalized spacial score (nSPS) is 10.2. The van der Waals surface area contributed by atoms with Crippen LogP contribution in [0.1, 0.15) is 20.9 Å². The molecule has 0 saturated carbocycles. The number of hydrogen-bond acceptors (Lipinski definition) is 4. The highest BCUT2D eigenvalue weighted by Gasteiger charge is 2.18. The molecular weight excluding hydrogens is 332 g/mol. The van der Waals surface area contributed by atoms with Crippen LogP contribution in [0.4, 0.5) is 11.4 Å². The number of carbonyl (C=O) groups is 2. The summed E-state index contributed by atoms with van der Waals surface area (Å²) in [6.07, 6.45) is 1.44. The summed E-state index contributed by atoms with van der Waals surface area (Å²) < 4.78 is 10.3. The molecule has 1 N–H and O–H groups in total. The Morgan fingerprint density at radius 2 is 1.85 bits per heavy atom. The van der Waals surface area contributed by atoms with E-state index in [1.165, 1.54) is 18.3 Å². The van der Waals surface area contributed by atoms with Crippen LogP contribution in [-0.4, -0.2) is 26.0 Å². The molecule has 0 radical (unpaired) electrons. The van der Waals surface area contributed by atoms with Gasteiger partial charge in [0.2, 0.25) is 0 Å². The first-order chi connectivity index (χ1) is 12.6. The van der Waals surface area contributed by atoms with E-state index in [1.54, 1.807) is 67.7 Å². The molecular formula is C20H18N2O4. The van der Waals surface area contributed by atoms with Crippen LogP contribution in [-0.2, 0) is 0 Å². The van der Waals surface area contributed by atoms with Crippen LogP contribution in [0.25, 0.3) is 0 Å². The van der Waals surface area contributed by atoms with E-state index < -0.39 is 0 Å². The van der Waals surface area contributed by atoms with Gasteiger partial charge >= 0.3 is 0 Å². The van der Waals surface area contributed by atoms with Crippen LogP contribution in [0.3, 0.4) is 0 Å². The van der Waals surface area contributed by atoms with Crippen molar-refractivity contribution in [2.24, 2.45) is 0 Å². The summed E-state index contributed by atoms with van der Waals surface area (Å²) in [6.45, 7) is 0. The summed E-state index contributed by atoms with van der Waals surface area (Å²) >= 11 is 0. The standard InChI is InChI=1S/C20H18N2O4/c1-22(20(24)16-9-3-4-10-17(16)25-2)15-8-5-7-14(13-15)21-19(23)18-11-6-12-26-18/h3-13H,1-2H3,(H,21,23). The fourth-order valence-corrected chi connectivity index (χ4v) is 2.51. The van der Waals surface area contributed by atoms with Crippen molar-refractivity contribution in [1.29, 1.82) is 0 Å². The van der Waals surface area contributed by atoms with E-state index in [2.05, 4.69) is 5.32 Å². The number of carbonyl (C=O) groups excluding carboxylic acids is 2. The highest BCUT2D eigenvalue weighted by molar-refractivity contribution is 6.08. The van der Waals surface area contributed by atoms with Crippen LogP contribution in [0.5, 0.6) is 5.75 Å². The smallest absolute Gasteiger partial charge is 0.291 e. The molecule has 6 heteroatoms. The van der Waals surface area contributed by atoms with E-state index in [1.807, 2.05) is 0 Å². The monoisotopic (exact) mass is 350 g/mol. The van der Waals surface area contributed by atoms with Crippen molar-refractivity contribution in [1.82, 2.24) is 0 Å². The van der Waals surface area contributed by atoms with E-state index in [0.717, 1.165) is 0 Å². The van der Waals surface area contributed by atoms with Crippen molar-refractivity contribution >= 4 is 23.2 Å². The van der Waals surface area contributed by atoms with Crippen LogP contribution in [0, 0.1) is 0 Å². The Kier molecular flexibility index (Phi) is 5.03. The van der Waals surface area contributed by atoms with E-state index in [-0.39, 0.29) is 17.6 Å². The molecule has 0 saturated heterocycles. The Hall–Kier alpha value is -3.54. The Balaban J connectivity index is 1.81. The van der Waals surface area contributed by atoms with E-state index in [0.29, 0.717) is 22.7 Å². The average Bonchev–Trinajstić information content (AvgIpc) is 3.22. The maximum Gasteiger partial charge on any atom is 0.291 e. The maximum absolute atomic E-state index is 12.8. The van der Waals surface area contributed by atoms with Gasteiger partial charge in [-0.1, -0.05) is 18.2 Å². The topological polar surface area (TPSA) is 71.8 Å². The number of nitrogens with one attached hydrogen (secondary N) is 1. The Morgan fingerprint density at radius 1 is 1.04 bits per heavy atom. The molecule has 3 rings (SSSR count). The Labute approximate surface area is 151 Å². The average molecular weight is 350 g/mol. The fraction of sp³-hybridized carbons (Fsp3) is 0.100. The van der Waals surface area contributed by atoms with Crippen molar-refractivity contribution in [2.75, 3.05) is 24.4 Å². The number of furan rings is 1. The molecule has 0 aliphatic rings. The molecule has 1 heterocycles. The van der Waals surface area contributed by atoms with Gasteiger partial charge in [0.15, 0.2) is 5.76 Å². The van der Waals surface area contributed by atoms with Gasteiger partial charge < -0.3 is 19.4 Å².